The van der Waals surface area contributed by atoms with Crippen LogP contribution in [-0.4, -0.2) is 4.57 Å². The van der Waals surface area contributed by atoms with Gasteiger partial charge in [0, 0.05) is 54.7 Å². The van der Waals surface area contributed by atoms with Crippen molar-refractivity contribution in [2.24, 2.45) is 0 Å². The Labute approximate surface area is 293 Å². The van der Waals surface area contributed by atoms with Crippen molar-refractivity contribution >= 4 is 81.4 Å². The van der Waals surface area contributed by atoms with Gasteiger partial charge in [0.1, 0.15) is 0 Å². The second-order valence-corrected chi connectivity index (χ2v) is 13.0. The maximum absolute atomic E-state index is 5.87. The predicted molar refractivity (Wildman–Crippen MR) is 211 cm³/mol. The lowest BCUT2D eigenvalue weighted by Gasteiger charge is -2.26. The van der Waals surface area contributed by atoms with Gasteiger partial charge in [-0.15, -0.1) is 0 Å². The topological polar surface area (TPSA) is 17.4 Å². The van der Waals surface area contributed by atoms with Gasteiger partial charge in [-0.2, -0.15) is 0 Å². The third kappa shape index (κ3) is 6.75. The molecular weight excluding hydrogens is 707 g/mol. The molecule has 0 radical (unpaired) electrons. The second kappa shape index (κ2) is 14.6. The quantitative estimate of drug-likeness (QED) is 0.0746. The lowest BCUT2D eigenvalue weighted by molar-refractivity contribution is 0.238. The van der Waals surface area contributed by atoms with E-state index < -0.39 is 0 Å². The number of benzene rings is 6. The minimum Gasteiger partial charge on any atom is -0.311 e. The fourth-order valence-corrected chi connectivity index (χ4v) is 7.35. The monoisotopic (exact) mass is 742 g/mol. The minimum atomic E-state index is 0.130. The Hall–Kier alpha value is -4.30. The van der Waals surface area contributed by atoms with Gasteiger partial charge in [-0.05, 0) is 83.8 Å². The number of fused-ring (bicyclic) bond motifs is 3. The summed E-state index contributed by atoms with van der Waals surface area (Å²) in [6.45, 7) is 2.19. The first-order chi connectivity index (χ1) is 23.2. The lowest BCUT2D eigenvalue weighted by atomic mass is 10.0. The number of hydrogen-bond donors (Lipinski definition) is 0. The number of para-hydroxylation sites is 3. The molecule has 0 N–H and O–H groups in total. The van der Waals surface area contributed by atoms with E-state index in [9.17, 15) is 0 Å². The van der Waals surface area contributed by atoms with Crippen LogP contribution >= 0.6 is 30.4 Å². The highest BCUT2D eigenvalue weighted by atomic mass is 127. The molecule has 0 saturated heterocycles. The molecule has 0 saturated carbocycles. The van der Waals surface area contributed by atoms with Gasteiger partial charge in [-0.1, -0.05) is 116 Å². The van der Waals surface area contributed by atoms with Crippen LogP contribution in [0.2, 0.25) is 0 Å². The zero-order valence-electron chi connectivity index (χ0n) is 26.2. The standard InChI is InChI=1S/C42H35IN2OS/c1-2-10-42(46-47-43)33-23-19-31(20-24-33)17-18-32-21-25-35(26-22-32)44(34-11-4-3-5-12-34)36-27-29-37(30-28-36)45-40-15-8-6-13-38(40)39-14-7-9-16-41(39)45/h3-9,11-30,42H,2,10H2,1H3/b18-17+. The molecule has 0 aliphatic heterocycles. The molecule has 1 aromatic heterocycles. The Morgan fingerprint density at radius 3 is 1.66 bits per heavy atom. The Kier molecular flexibility index (Phi) is 9.75. The Morgan fingerprint density at radius 2 is 1.11 bits per heavy atom. The maximum atomic E-state index is 5.87. The number of halogens is 1. The normalized spacial score (nSPS) is 12.2. The molecule has 0 aliphatic carbocycles. The lowest BCUT2D eigenvalue weighted by Crippen LogP contribution is -2.10. The van der Waals surface area contributed by atoms with Crippen molar-refractivity contribution in [3.63, 3.8) is 0 Å². The number of rotatable bonds is 11. The summed E-state index contributed by atoms with van der Waals surface area (Å²) >= 11 is 2.20. The minimum absolute atomic E-state index is 0.130. The van der Waals surface area contributed by atoms with Crippen LogP contribution in [-0.2, 0) is 4.18 Å². The van der Waals surface area contributed by atoms with E-state index in [1.807, 2.05) is 0 Å². The van der Waals surface area contributed by atoms with Crippen LogP contribution in [0.15, 0.2) is 152 Å². The van der Waals surface area contributed by atoms with Crippen molar-refractivity contribution in [1.29, 1.82) is 0 Å². The molecule has 0 amide bonds. The third-order valence-corrected chi connectivity index (χ3v) is 9.52. The molecule has 7 aromatic rings. The molecule has 0 spiro atoms. The second-order valence-electron chi connectivity index (χ2n) is 11.6. The van der Waals surface area contributed by atoms with Crippen molar-refractivity contribution < 1.29 is 4.18 Å². The van der Waals surface area contributed by atoms with Gasteiger partial charge in [0.15, 0.2) is 0 Å². The Morgan fingerprint density at radius 1 is 0.617 bits per heavy atom. The largest absolute Gasteiger partial charge is 0.311 e. The van der Waals surface area contributed by atoms with Crippen molar-refractivity contribution in [1.82, 2.24) is 4.57 Å². The fraction of sp³-hybridized carbons (Fsp3) is 0.0952. The molecule has 1 atom stereocenters. The highest BCUT2D eigenvalue weighted by molar-refractivity contribution is 14.2. The highest BCUT2D eigenvalue weighted by Gasteiger charge is 2.15. The van der Waals surface area contributed by atoms with Gasteiger partial charge in [-0.3, -0.25) is 4.18 Å². The Bertz CT molecular complexity index is 2040. The number of hydrogen-bond acceptors (Lipinski definition) is 3. The molecule has 7 rings (SSSR count). The van der Waals surface area contributed by atoms with Gasteiger partial charge >= 0.3 is 0 Å². The van der Waals surface area contributed by atoms with E-state index in [4.69, 9.17) is 4.18 Å². The number of anilines is 3. The number of aromatic nitrogens is 1. The predicted octanol–water partition coefficient (Wildman–Crippen LogP) is 13.3. The summed E-state index contributed by atoms with van der Waals surface area (Å²) in [6, 6.07) is 54.2. The Balaban J connectivity index is 1.16. The van der Waals surface area contributed by atoms with Gasteiger partial charge in [0.25, 0.3) is 0 Å². The molecule has 0 aliphatic rings. The van der Waals surface area contributed by atoms with Crippen LogP contribution in [0.25, 0.3) is 39.6 Å². The third-order valence-electron chi connectivity index (χ3n) is 8.59. The average Bonchev–Trinajstić information content (AvgIpc) is 3.47. The van der Waals surface area contributed by atoms with E-state index >= 15 is 0 Å². The first-order valence-electron chi connectivity index (χ1n) is 16.0. The van der Waals surface area contributed by atoms with E-state index in [1.165, 1.54) is 42.1 Å². The molecular formula is C42H35IN2OS. The van der Waals surface area contributed by atoms with Crippen LogP contribution in [0.5, 0.6) is 0 Å². The smallest absolute Gasteiger partial charge is 0.0981 e. The van der Waals surface area contributed by atoms with Crippen LogP contribution in [0.4, 0.5) is 17.1 Å². The van der Waals surface area contributed by atoms with E-state index in [2.05, 4.69) is 201 Å². The van der Waals surface area contributed by atoms with Crippen LogP contribution < -0.4 is 4.90 Å². The summed E-state index contributed by atoms with van der Waals surface area (Å²) in [5.41, 5.74) is 10.5. The molecule has 1 unspecified atom stereocenters. The first kappa shape index (κ1) is 31.3. The van der Waals surface area contributed by atoms with Crippen LogP contribution in [0.1, 0.15) is 42.6 Å². The molecule has 0 bridgehead atoms. The van der Waals surface area contributed by atoms with Crippen molar-refractivity contribution in [2.75, 3.05) is 4.90 Å². The molecule has 47 heavy (non-hydrogen) atoms. The molecule has 3 nitrogen and oxygen atoms in total. The van der Waals surface area contributed by atoms with Crippen LogP contribution in [0.3, 0.4) is 0 Å². The highest BCUT2D eigenvalue weighted by Crippen LogP contribution is 2.37. The molecule has 5 heteroatoms. The zero-order chi connectivity index (χ0) is 32.0. The van der Waals surface area contributed by atoms with E-state index in [0.29, 0.717) is 0 Å². The fourth-order valence-electron chi connectivity index (χ4n) is 6.30. The summed E-state index contributed by atoms with van der Waals surface area (Å²) in [5.74, 6) is 0. The van der Waals surface area contributed by atoms with Gasteiger partial charge < -0.3 is 9.47 Å². The van der Waals surface area contributed by atoms with Gasteiger partial charge in [0.2, 0.25) is 0 Å². The van der Waals surface area contributed by atoms with Crippen molar-refractivity contribution in [3.05, 3.63) is 168 Å². The first-order valence-corrected chi connectivity index (χ1v) is 19.3. The average molecular weight is 743 g/mol. The van der Waals surface area contributed by atoms with Gasteiger partial charge in [-0.25, -0.2) is 0 Å². The summed E-state index contributed by atoms with van der Waals surface area (Å²) in [7, 11) is 1.41. The maximum Gasteiger partial charge on any atom is 0.0981 e. The molecule has 0 fully saturated rings. The summed E-state index contributed by atoms with van der Waals surface area (Å²) in [4.78, 5) is 2.31. The molecule has 1 heterocycles. The van der Waals surface area contributed by atoms with Gasteiger partial charge in [0.05, 0.1) is 26.4 Å². The molecule has 6 aromatic carbocycles. The van der Waals surface area contributed by atoms with Crippen molar-refractivity contribution in [3.8, 4) is 5.69 Å². The van der Waals surface area contributed by atoms with Crippen molar-refractivity contribution in [2.45, 2.75) is 25.9 Å². The van der Waals surface area contributed by atoms with E-state index in [0.717, 1.165) is 41.2 Å². The molecule has 232 valence electrons. The van der Waals surface area contributed by atoms with E-state index in [-0.39, 0.29) is 6.10 Å². The zero-order valence-corrected chi connectivity index (χ0v) is 29.1. The van der Waals surface area contributed by atoms with E-state index in [1.54, 1.807) is 0 Å². The van der Waals surface area contributed by atoms with Crippen LogP contribution in [0, 0.1) is 0 Å². The SMILES string of the molecule is CCCC(OSI)c1ccc(/C=C/c2ccc(N(c3ccccc3)c3ccc(-n4c5ccccc5c5ccccc54)cc3)cc2)cc1. The summed E-state index contributed by atoms with van der Waals surface area (Å²) < 4.78 is 8.22. The summed E-state index contributed by atoms with van der Waals surface area (Å²) in [5, 5.41) is 2.54. The number of nitrogens with zero attached hydrogens (tertiary/aromatic N) is 2. The summed E-state index contributed by atoms with van der Waals surface area (Å²) in [6.07, 6.45) is 6.58.